The Hall–Kier alpha value is -1.89. The summed E-state index contributed by atoms with van der Waals surface area (Å²) in [5, 5.41) is 7.34. The standard InChI is InChI=1S/C21H31N5O2/c27-20(15-5-6-15)26-13-17-18(14-26)22-23-19(17)21(28)25-11-7-16(8-12-25)24-9-3-1-2-4-10-24/h15-16H,1-14H2,(H,22,23). The van der Waals surface area contributed by atoms with Gasteiger partial charge in [0.05, 0.1) is 18.8 Å². The molecule has 1 aromatic heterocycles. The molecular weight excluding hydrogens is 354 g/mol. The van der Waals surface area contributed by atoms with E-state index in [9.17, 15) is 9.59 Å². The van der Waals surface area contributed by atoms with E-state index in [0.717, 1.165) is 50.0 Å². The summed E-state index contributed by atoms with van der Waals surface area (Å²) in [7, 11) is 0. The molecule has 3 fully saturated rings. The summed E-state index contributed by atoms with van der Waals surface area (Å²) in [5.74, 6) is 0.489. The molecule has 0 bridgehead atoms. The number of nitrogens with zero attached hydrogens (tertiary/aromatic N) is 4. The smallest absolute Gasteiger partial charge is 0.274 e. The summed E-state index contributed by atoms with van der Waals surface area (Å²) in [6.45, 7) is 5.17. The second kappa shape index (κ2) is 7.50. The van der Waals surface area contributed by atoms with Crippen LogP contribution in [0.3, 0.4) is 0 Å². The van der Waals surface area contributed by atoms with Crippen LogP contribution in [-0.2, 0) is 17.9 Å². The summed E-state index contributed by atoms with van der Waals surface area (Å²) in [4.78, 5) is 32.0. The fraction of sp³-hybridized carbons (Fsp3) is 0.762. The number of rotatable bonds is 3. The highest BCUT2D eigenvalue weighted by molar-refractivity contribution is 5.94. The maximum Gasteiger partial charge on any atom is 0.274 e. The SMILES string of the molecule is O=C(c1n[nH]c2c1CN(C(=O)C1CC1)C2)N1CCC(N2CCCCCC2)CC1. The molecule has 28 heavy (non-hydrogen) atoms. The second-order valence-electron chi connectivity index (χ2n) is 8.97. The first-order valence-corrected chi connectivity index (χ1v) is 11.1. The van der Waals surface area contributed by atoms with Crippen molar-refractivity contribution >= 4 is 11.8 Å². The molecule has 4 aliphatic rings. The van der Waals surface area contributed by atoms with E-state index in [0.29, 0.717) is 24.8 Å². The van der Waals surface area contributed by atoms with Crippen LogP contribution in [0.1, 0.15) is 73.1 Å². The Balaban J connectivity index is 1.20. The molecule has 1 aliphatic carbocycles. The molecule has 1 aromatic rings. The van der Waals surface area contributed by atoms with Gasteiger partial charge in [0, 0.05) is 30.6 Å². The van der Waals surface area contributed by atoms with Crippen LogP contribution in [-0.4, -0.2) is 68.9 Å². The summed E-state index contributed by atoms with van der Waals surface area (Å²) in [6.07, 6.45) is 9.49. The van der Waals surface area contributed by atoms with Gasteiger partial charge in [-0.05, 0) is 51.6 Å². The number of nitrogens with one attached hydrogen (secondary N) is 1. The Morgan fingerprint density at radius 2 is 1.57 bits per heavy atom. The number of likely N-dealkylation sites (tertiary alicyclic amines) is 2. The van der Waals surface area contributed by atoms with Gasteiger partial charge in [-0.2, -0.15) is 5.10 Å². The van der Waals surface area contributed by atoms with Crippen molar-refractivity contribution in [1.29, 1.82) is 0 Å². The van der Waals surface area contributed by atoms with Gasteiger partial charge >= 0.3 is 0 Å². The molecule has 1 N–H and O–H groups in total. The van der Waals surface area contributed by atoms with Crippen LogP contribution in [0.2, 0.25) is 0 Å². The zero-order chi connectivity index (χ0) is 19.1. The van der Waals surface area contributed by atoms with E-state index >= 15 is 0 Å². The molecule has 2 saturated heterocycles. The van der Waals surface area contributed by atoms with Crippen molar-refractivity contribution in [2.24, 2.45) is 5.92 Å². The predicted molar refractivity (Wildman–Crippen MR) is 105 cm³/mol. The van der Waals surface area contributed by atoms with Gasteiger partial charge in [-0.3, -0.25) is 14.7 Å². The molecule has 1 saturated carbocycles. The minimum Gasteiger partial charge on any atom is -0.337 e. The van der Waals surface area contributed by atoms with Crippen LogP contribution < -0.4 is 0 Å². The van der Waals surface area contributed by atoms with E-state index in [-0.39, 0.29) is 17.7 Å². The van der Waals surface area contributed by atoms with Crippen LogP contribution in [0, 0.1) is 5.92 Å². The monoisotopic (exact) mass is 385 g/mol. The Kier molecular flexibility index (Phi) is 4.87. The van der Waals surface area contributed by atoms with Crippen LogP contribution in [0.25, 0.3) is 0 Å². The lowest BCUT2D eigenvalue weighted by molar-refractivity contribution is -0.133. The third kappa shape index (κ3) is 3.45. The van der Waals surface area contributed by atoms with E-state index < -0.39 is 0 Å². The van der Waals surface area contributed by atoms with Crippen LogP contribution in [0.5, 0.6) is 0 Å². The summed E-state index contributed by atoms with van der Waals surface area (Å²) in [5.41, 5.74) is 2.42. The number of piperidine rings is 1. The molecule has 2 amide bonds. The highest BCUT2D eigenvalue weighted by Gasteiger charge is 2.39. The van der Waals surface area contributed by atoms with Crippen LogP contribution >= 0.6 is 0 Å². The number of aromatic nitrogens is 2. The molecule has 3 aliphatic heterocycles. The van der Waals surface area contributed by atoms with Crippen molar-refractivity contribution in [3.05, 3.63) is 17.0 Å². The minimum absolute atomic E-state index is 0.0348. The summed E-state index contributed by atoms with van der Waals surface area (Å²) in [6, 6.07) is 0.624. The van der Waals surface area contributed by atoms with Gasteiger partial charge in [0.25, 0.3) is 5.91 Å². The van der Waals surface area contributed by atoms with E-state index in [4.69, 9.17) is 0 Å². The molecule has 0 unspecified atom stereocenters. The molecule has 7 heteroatoms. The molecular formula is C21H31N5O2. The first kappa shape index (κ1) is 18.2. The highest BCUT2D eigenvalue weighted by atomic mass is 16.2. The van der Waals surface area contributed by atoms with Crippen LogP contribution in [0.4, 0.5) is 0 Å². The van der Waals surface area contributed by atoms with Gasteiger partial charge in [-0.1, -0.05) is 12.8 Å². The third-order valence-electron chi connectivity index (χ3n) is 7.00. The van der Waals surface area contributed by atoms with Crippen LogP contribution in [0.15, 0.2) is 0 Å². The number of hydrogen-bond acceptors (Lipinski definition) is 4. The van der Waals surface area contributed by atoms with Gasteiger partial charge in [0.1, 0.15) is 0 Å². The number of aromatic amines is 1. The molecule has 0 aromatic carbocycles. The van der Waals surface area contributed by atoms with Gasteiger partial charge in [-0.25, -0.2) is 0 Å². The zero-order valence-electron chi connectivity index (χ0n) is 16.7. The Labute approximate surface area is 166 Å². The average Bonchev–Trinajstić information content (AvgIpc) is 3.44. The van der Waals surface area contributed by atoms with E-state index in [2.05, 4.69) is 15.1 Å². The predicted octanol–water partition coefficient (Wildman–Crippen LogP) is 2.14. The molecule has 4 heterocycles. The number of carbonyl (C=O) groups excluding carboxylic acids is 2. The van der Waals surface area contributed by atoms with Crippen molar-refractivity contribution < 1.29 is 9.59 Å². The van der Waals surface area contributed by atoms with Crippen molar-refractivity contribution in [2.75, 3.05) is 26.2 Å². The lowest BCUT2D eigenvalue weighted by Gasteiger charge is -2.38. The number of amides is 2. The lowest BCUT2D eigenvalue weighted by Crippen LogP contribution is -2.47. The highest BCUT2D eigenvalue weighted by Crippen LogP contribution is 2.35. The quantitative estimate of drug-likeness (QED) is 0.865. The number of H-pyrrole nitrogens is 1. The van der Waals surface area contributed by atoms with E-state index in [1.54, 1.807) is 0 Å². The third-order valence-corrected chi connectivity index (χ3v) is 7.00. The fourth-order valence-corrected chi connectivity index (χ4v) is 5.11. The van der Waals surface area contributed by atoms with Crippen molar-refractivity contribution in [3.63, 3.8) is 0 Å². The van der Waals surface area contributed by atoms with Gasteiger partial charge in [0.15, 0.2) is 5.69 Å². The molecule has 0 spiro atoms. The molecule has 0 radical (unpaired) electrons. The molecule has 152 valence electrons. The number of hydrogen-bond donors (Lipinski definition) is 1. The average molecular weight is 386 g/mol. The van der Waals surface area contributed by atoms with Crippen molar-refractivity contribution in [2.45, 2.75) is 70.5 Å². The maximum absolute atomic E-state index is 13.1. The summed E-state index contributed by atoms with van der Waals surface area (Å²) < 4.78 is 0. The maximum atomic E-state index is 13.1. The fourth-order valence-electron chi connectivity index (χ4n) is 5.11. The van der Waals surface area contributed by atoms with Gasteiger partial charge < -0.3 is 14.7 Å². The Morgan fingerprint density at radius 1 is 0.857 bits per heavy atom. The van der Waals surface area contributed by atoms with E-state index in [1.165, 1.54) is 38.8 Å². The van der Waals surface area contributed by atoms with Crippen molar-refractivity contribution in [3.8, 4) is 0 Å². The summed E-state index contributed by atoms with van der Waals surface area (Å²) >= 11 is 0. The van der Waals surface area contributed by atoms with Gasteiger partial charge in [0.2, 0.25) is 5.91 Å². The molecule has 0 atom stereocenters. The topological polar surface area (TPSA) is 72.5 Å². The van der Waals surface area contributed by atoms with Crippen molar-refractivity contribution in [1.82, 2.24) is 24.9 Å². The molecule has 7 nitrogen and oxygen atoms in total. The van der Waals surface area contributed by atoms with E-state index in [1.807, 2.05) is 9.80 Å². The normalized spacial score (nSPS) is 24.3. The lowest BCUT2D eigenvalue weighted by atomic mass is 10.0. The van der Waals surface area contributed by atoms with Gasteiger partial charge in [-0.15, -0.1) is 0 Å². The second-order valence-corrected chi connectivity index (χ2v) is 8.97. The molecule has 5 rings (SSSR count). The Bertz CT molecular complexity index is 740. The number of carbonyl (C=O) groups is 2. The zero-order valence-corrected chi connectivity index (χ0v) is 16.7. The minimum atomic E-state index is 0.0348. The largest absolute Gasteiger partial charge is 0.337 e. The number of fused-ring (bicyclic) bond motifs is 1. The Morgan fingerprint density at radius 3 is 2.25 bits per heavy atom. The first-order valence-electron chi connectivity index (χ1n) is 11.1. The first-order chi connectivity index (χ1) is 13.7.